The lowest BCUT2D eigenvalue weighted by Crippen LogP contribution is -2.05. The van der Waals surface area contributed by atoms with E-state index in [1.165, 1.54) is 0 Å². The highest BCUT2D eigenvalue weighted by Gasteiger charge is 2.08. The normalized spacial score (nSPS) is 11.7. The molecular weight excluding hydrogens is 288 g/mol. The first kappa shape index (κ1) is 15.1. The quantitative estimate of drug-likeness (QED) is 0.574. The van der Waals surface area contributed by atoms with E-state index in [1.54, 1.807) is 7.11 Å². The summed E-state index contributed by atoms with van der Waals surface area (Å²) in [6.45, 7) is 4.90. The molecule has 0 aliphatic carbocycles. The molecule has 5 nitrogen and oxygen atoms in total. The first-order valence-corrected chi connectivity index (χ1v) is 7.63. The highest BCUT2D eigenvalue weighted by atomic mass is 16.5. The van der Waals surface area contributed by atoms with Crippen LogP contribution in [0.1, 0.15) is 19.4 Å². The fourth-order valence-corrected chi connectivity index (χ4v) is 2.51. The van der Waals surface area contributed by atoms with Crippen molar-refractivity contribution in [3.05, 3.63) is 54.1 Å². The highest BCUT2D eigenvalue weighted by molar-refractivity contribution is 5.99. The number of para-hydroxylation sites is 2. The van der Waals surface area contributed by atoms with Crippen molar-refractivity contribution in [3.63, 3.8) is 0 Å². The van der Waals surface area contributed by atoms with Gasteiger partial charge in [-0.25, -0.2) is 10.4 Å². The minimum atomic E-state index is 0.751. The van der Waals surface area contributed by atoms with Crippen molar-refractivity contribution in [2.24, 2.45) is 5.10 Å². The third kappa shape index (κ3) is 3.04. The van der Waals surface area contributed by atoms with Crippen LogP contribution in [0.3, 0.4) is 0 Å². The van der Waals surface area contributed by atoms with Crippen LogP contribution in [0.4, 0.5) is 5.95 Å². The van der Waals surface area contributed by atoms with Crippen molar-refractivity contribution in [1.82, 2.24) is 9.55 Å². The molecule has 118 valence electrons. The van der Waals surface area contributed by atoms with Gasteiger partial charge in [0.05, 0.1) is 23.9 Å². The van der Waals surface area contributed by atoms with E-state index in [9.17, 15) is 0 Å². The average Bonchev–Trinajstić information content (AvgIpc) is 2.97. The molecule has 0 fully saturated rings. The SMILES string of the molecule is CCn1c(N/N=C(\C)c2ccc(OC)cc2)nc2ccccc21. The second kappa shape index (κ2) is 6.52. The van der Waals surface area contributed by atoms with Gasteiger partial charge in [0.25, 0.3) is 0 Å². The molecule has 3 aromatic rings. The zero-order chi connectivity index (χ0) is 16.2. The summed E-state index contributed by atoms with van der Waals surface area (Å²) in [5, 5.41) is 4.47. The number of aryl methyl sites for hydroxylation is 1. The van der Waals surface area contributed by atoms with Gasteiger partial charge in [-0.2, -0.15) is 5.10 Å². The largest absolute Gasteiger partial charge is 0.497 e. The standard InChI is InChI=1S/C18H20N4O/c1-4-22-17-8-6-5-7-16(17)19-18(22)21-20-13(2)14-9-11-15(23-3)12-10-14/h5-12H,4H2,1-3H3,(H,19,21)/b20-13+. The molecule has 1 aromatic heterocycles. The van der Waals surface area contributed by atoms with Crippen LogP contribution in [0.2, 0.25) is 0 Å². The highest BCUT2D eigenvalue weighted by Crippen LogP contribution is 2.19. The number of imidazole rings is 1. The number of anilines is 1. The van der Waals surface area contributed by atoms with Gasteiger partial charge < -0.3 is 9.30 Å². The van der Waals surface area contributed by atoms with Crippen LogP contribution in [0, 0.1) is 0 Å². The van der Waals surface area contributed by atoms with E-state index < -0.39 is 0 Å². The van der Waals surface area contributed by atoms with E-state index in [0.29, 0.717) is 0 Å². The predicted octanol–water partition coefficient (Wildman–Crippen LogP) is 3.90. The number of hydrazone groups is 1. The average molecular weight is 308 g/mol. The van der Waals surface area contributed by atoms with Gasteiger partial charge in [0.15, 0.2) is 0 Å². The van der Waals surface area contributed by atoms with Crippen LogP contribution in [0.25, 0.3) is 11.0 Å². The van der Waals surface area contributed by atoms with E-state index >= 15 is 0 Å². The molecule has 3 rings (SSSR count). The lowest BCUT2D eigenvalue weighted by molar-refractivity contribution is 0.415. The molecule has 0 aliphatic heterocycles. The molecule has 2 aromatic carbocycles. The molecule has 5 heteroatoms. The van der Waals surface area contributed by atoms with Crippen LogP contribution in [0.15, 0.2) is 53.6 Å². The summed E-state index contributed by atoms with van der Waals surface area (Å²) in [4.78, 5) is 4.60. The summed E-state index contributed by atoms with van der Waals surface area (Å²) in [7, 11) is 1.66. The van der Waals surface area contributed by atoms with Crippen molar-refractivity contribution in [2.75, 3.05) is 12.5 Å². The second-order valence-corrected chi connectivity index (χ2v) is 5.21. The Bertz CT molecular complexity index is 834. The van der Waals surface area contributed by atoms with E-state index in [4.69, 9.17) is 4.74 Å². The van der Waals surface area contributed by atoms with Gasteiger partial charge in [0.2, 0.25) is 5.95 Å². The summed E-state index contributed by atoms with van der Waals surface area (Å²) in [6.07, 6.45) is 0. The van der Waals surface area contributed by atoms with Crippen molar-refractivity contribution in [2.45, 2.75) is 20.4 Å². The molecule has 0 saturated heterocycles. The third-order valence-electron chi connectivity index (χ3n) is 3.80. The Kier molecular flexibility index (Phi) is 4.28. The van der Waals surface area contributed by atoms with Gasteiger partial charge in [0, 0.05) is 6.54 Å². The van der Waals surface area contributed by atoms with E-state index in [0.717, 1.165) is 40.6 Å². The second-order valence-electron chi connectivity index (χ2n) is 5.21. The summed E-state index contributed by atoms with van der Waals surface area (Å²) in [5.74, 6) is 1.59. The van der Waals surface area contributed by atoms with Gasteiger partial charge in [-0.15, -0.1) is 0 Å². The molecule has 0 bridgehead atoms. The fraction of sp³-hybridized carbons (Fsp3) is 0.222. The maximum absolute atomic E-state index is 5.17. The molecule has 0 saturated carbocycles. The molecule has 1 heterocycles. The number of hydrogen-bond donors (Lipinski definition) is 1. The number of hydrogen-bond acceptors (Lipinski definition) is 4. The molecule has 0 radical (unpaired) electrons. The number of methoxy groups -OCH3 is 1. The molecular formula is C18H20N4O. The summed E-state index contributed by atoms with van der Waals surface area (Å²) in [6, 6.07) is 15.9. The first-order chi connectivity index (χ1) is 11.2. The molecule has 1 N–H and O–H groups in total. The topological polar surface area (TPSA) is 51.4 Å². The van der Waals surface area contributed by atoms with Gasteiger partial charge in [0.1, 0.15) is 5.75 Å². The number of ether oxygens (including phenoxy) is 1. The Morgan fingerprint density at radius 3 is 2.61 bits per heavy atom. The minimum Gasteiger partial charge on any atom is -0.497 e. The smallest absolute Gasteiger partial charge is 0.224 e. The van der Waals surface area contributed by atoms with Crippen LogP contribution in [0.5, 0.6) is 5.75 Å². The zero-order valence-corrected chi connectivity index (χ0v) is 13.6. The maximum Gasteiger partial charge on any atom is 0.224 e. The minimum absolute atomic E-state index is 0.751. The Balaban J connectivity index is 1.86. The molecule has 0 unspecified atom stereocenters. The van der Waals surface area contributed by atoms with Crippen LogP contribution in [-0.4, -0.2) is 22.4 Å². The Morgan fingerprint density at radius 1 is 1.17 bits per heavy atom. The van der Waals surface area contributed by atoms with Crippen molar-refractivity contribution >= 4 is 22.7 Å². The monoisotopic (exact) mass is 308 g/mol. The number of nitrogens with one attached hydrogen (secondary N) is 1. The Morgan fingerprint density at radius 2 is 1.91 bits per heavy atom. The lowest BCUT2D eigenvalue weighted by Gasteiger charge is -2.06. The Hall–Kier alpha value is -2.82. The Labute approximate surface area is 135 Å². The van der Waals surface area contributed by atoms with Gasteiger partial charge >= 0.3 is 0 Å². The molecule has 0 aliphatic rings. The summed E-state index contributed by atoms with van der Waals surface area (Å²) >= 11 is 0. The van der Waals surface area contributed by atoms with Crippen LogP contribution >= 0.6 is 0 Å². The van der Waals surface area contributed by atoms with E-state index in [2.05, 4.69) is 33.1 Å². The third-order valence-corrected chi connectivity index (χ3v) is 3.80. The predicted molar refractivity (Wildman–Crippen MR) is 94.2 cm³/mol. The number of fused-ring (bicyclic) bond motifs is 1. The van der Waals surface area contributed by atoms with Gasteiger partial charge in [-0.3, -0.25) is 0 Å². The van der Waals surface area contributed by atoms with Crippen molar-refractivity contribution in [1.29, 1.82) is 0 Å². The maximum atomic E-state index is 5.17. The number of rotatable bonds is 5. The van der Waals surface area contributed by atoms with Crippen molar-refractivity contribution < 1.29 is 4.74 Å². The molecule has 0 atom stereocenters. The summed E-state index contributed by atoms with van der Waals surface area (Å²) < 4.78 is 7.28. The van der Waals surface area contributed by atoms with E-state index in [-0.39, 0.29) is 0 Å². The van der Waals surface area contributed by atoms with Gasteiger partial charge in [-0.05, 0) is 55.8 Å². The zero-order valence-electron chi connectivity index (χ0n) is 13.6. The van der Waals surface area contributed by atoms with E-state index in [1.807, 2.05) is 49.4 Å². The number of benzene rings is 2. The first-order valence-electron chi connectivity index (χ1n) is 7.63. The lowest BCUT2D eigenvalue weighted by atomic mass is 10.1. The van der Waals surface area contributed by atoms with Crippen LogP contribution < -0.4 is 10.2 Å². The fourth-order valence-electron chi connectivity index (χ4n) is 2.51. The molecule has 0 spiro atoms. The van der Waals surface area contributed by atoms with Crippen LogP contribution in [-0.2, 0) is 6.54 Å². The molecule has 0 amide bonds. The molecule has 23 heavy (non-hydrogen) atoms. The van der Waals surface area contributed by atoms with Crippen molar-refractivity contribution in [3.8, 4) is 5.75 Å². The number of nitrogens with zero attached hydrogens (tertiary/aromatic N) is 3. The van der Waals surface area contributed by atoms with Gasteiger partial charge in [-0.1, -0.05) is 12.1 Å². The summed E-state index contributed by atoms with van der Waals surface area (Å²) in [5.41, 5.74) is 7.09. The number of aromatic nitrogens is 2.